The first-order valence-corrected chi connectivity index (χ1v) is 5.14. The molecule has 4 heteroatoms. The first-order chi connectivity index (χ1) is 7.42. The van der Waals surface area contributed by atoms with Gasteiger partial charge in [0.05, 0.1) is 6.17 Å². The molecule has 1 amide bonds. The van der Waals surface area contributed by atoms with Crippen LogP contribution in [0.2, 0.25) is 0 Å². The zero-order valence-electron chi connectivity index (χ0n) is 8.52. The van der Waals surface area contributed by atoms with Gasteiger partial charge in [-0.1, -0.05) is 18.2 Å². The van der Waals surface area contributed by atoms with Gasteiger partial charge in [0.15, 0.2) is 0 Å². The van der Waals surface area contributed by atoms with Gasteiger partial charge in [-0.25, -0.2) is 0 Å². The lowest BCUT2D eigenvalue weighted by Crippen LogP contribution is -2.57. The molecular weight excluding hydrogens is 190 g/mol. The van der Waals surface area contributed by atoms with Gasteiger partial charge >= 0.3 is 0 Å². The normalized spacial score (nSPS) is 20.9. The highest BCUT2D eigenvalue weighted by Crippen LogP contribution is 2.13. The summed E-state index contributed by atoms with van der Waals surface area (Å²) in [7, 11) is 0. The van der Waals surface area contributed by atoms with Crippen LogP contribution in [0.1, 0.15) is 0 Å². The standard InChI is InChI=1S/C11H15N3O/c15-9-14(10-4-2-1-3-5-10)11-8-12-6-7-13-11/h1-5,9,11-13H,6-8H2. The molecule has 1 aliphatic rings. The van der Waals surface area contributed by atoms with E-state index in [1.807, 2.05) is 30.3 Å². The molecule has 15 heavy (non-hydrogen) atoms. The van der Waals surface area contributed by atoms with Crippen molar-refractivity contribution in [3.05, 3.63) is 30.3 Å². The van der Waals surface area contributed by atoms with Crippen LogP contribution in [0.4, 0.5) is 5.69 Å². The summed E-state index contributed by atoms with van der Waals surface area (Å²) < 4.78 is 0. The van der Waals surface area contributed by atoms with E-state index in [0.717, 1.165) is 31.7 Å². The van der Waals surface area contributed by atoms with Gasteiger partial charge in [0.25, 0.3) is 0 Å². The average molecular weight is 205 g/mol. The fourth-order valence-corrected chi connectivity index (χ4v) is 1.75. The number of carbonyl (C=O) groups excluding carboxylic acids is 1. The zero-order valence-corrected chi connectivity index (χ0v) is 8.52. The van der Waals surface area contributed by atoms with Crippen molar-refractivity contribution in [3.8, 4) is 0 Å². The summed E-state index contributed by atoms with van der Waals surface area (Å²) in [6, 6.07) is 9.68. The zero-order chi connectivity index (χ0) is 10.5. The SMILES string of the molecule is O=CN(c1ccccc1)C1CNCCN1. The molecule has 1 fully saturated rings. The van der Waals surface area contributed by atoms with Gasteiger partial charge < -0.3 is 5.32 Å². The highest BCUT2D eigenvalue weighted by Gasteiger charge is 2.19. The van der Waals surface area contributed by atoms with Gasteiger partial charge in [0, 0.05) is 25.3 Å². The molecule has 2 rings (SSSR count). The number of nitrogens with one attached hydrogen (secondary N) is 2. The minimum atomic E-state index is 0.0543. The summed E-state index contributed by atoms with van der Waals surface area (Å²) in [4.78, 5) is 12.8. The summed E-state index contributed by atoms with van der Waals surface area (Å²) in [5.41, 5.74) is 0.925. The Balaban J connectivity index is 2.12. The Morgan fingerprint density at radius 3 is 2.67 bits per heavy atom. The first kappa shape index (κ1) is 10.1. The Bertz CT molecular complexity index is 309. The monoisotopic (exact) mass is 205 g/mol. The highest BCUT2D eigenvalue weighted by atomic mass is 16.1. The van der Waals surface area contributed by atoms with Gasteiger partial charge in [0.2, 0.25) is 6.41 Å². The van der Waals surface area contributed by atoms with Crippen LogP contribution in [0.25, 0.3) is 0 Å². The maximum atomic E-state index is 11.1. The molecule has 1 aromatic rings. The lowest BCUT2D eigenvalue weighted by Gasteiger charge is -2.32. The van der Waals surface area contributed by atoms with Crippen LogP contribution in [-0.4, -0.2) is 32.2 Å². The van der Waals surface area contributed by atoms with E-state index in [9.17, 15) is 4.79 Å². The fraction of sp³-hybridized carbons (Fsp3) is 0.364. The molecule has 0 bridgehead atoms. The maximum absolute atomic E-state index is 11.1. The third-order valence-electron chi connectivity index (χ3n) is 2.52. The van der Waals surface area contributed by atoms with E-state index in [4.69, 9.17) is 0 Å². The van der Waals surface area contributed by atoms with Crippen LogP contribution >= 0.6 is 0 Å². The molecule has 1 atom stereocenters. The highest BCUT2D eigenvalue weighted by molar-refractivity contribution is 5.75. The lowest BCUT2D eigenvalue weighted by atomic mass is 10.2. The molecule has 2 N–H and O–H groups in total. The molecule has 0 aromatic heterocycles. The second kappa shape index (κ2) is 4.91. The summed E-state index contributed by atoms with van der Waals surface area (Å²) in [5.74, 6) is 0. The maximum Gasteiger partial charge on any atom is 0.215 e. The van der Waals surface area contributed by atoms with Crippen molar-refractivity contribution in [2.24, 2.45) is 0 Å². The number of amides is 1. The number of hydrogen-bond donors (Lipinski definition) is 2. The predicted molar refractivity (Wildman–Crippen MR) is 59.6 cm³/mol. The molecule has 1 aliphatic heterocycles. The topological polar surface area (TPSA) is 44.4 Å². The van der Waals surface area contributed by atoms with Gasteiger partial charge in [-0.15, -0.1) is 0 Å². The first-order valence-electron chi connectivity index (χ1n) is 5.14. The summed E-state index contributed by atoms with van der Waals surface area (Å²) in [6.45, 7) is 2.63. The van der Waals surface area contributed by atoms with Gasteiger partial charge in [-0.05, 0) is 12.1 Å². The molecule has 0 saturated carbocycles. The molecule has 1 aromatic carbocycles. The molecule has 0 radical (unpaired) electrons. The van der Waals surface area contributed by atoms with Crippen LogP contribution in [0.5, 0.6) is 0 Å². The minimum absolute atomic E-state index is 0.0543. The van der Waals surface area contributed by atoms with E-state index < -0.39 is 0 Å². The van der Waals surface area contributed by atoms with Crippen LogP contribution in [0.3, 0.4) is 0 Å². The number of anilines is 1. The Hall–Kier alpha value is -1.39. The molecule has 0 spiro atoms. The van der Waals surface area contributed by atoms with Crippen molar-refractivity contribution < 1.29 is 4.79 Å². The number of carbonyl (C=O) groups is 1. The fourth-order valence-electron chi connectivity index (χ4n) is 1.75. The predicted octanol–water partition coefficient (Wildman–Crippen LogP) is 0.168. The molecule has 80 valence electrons. The summed E-state index contributed by atoms with van der Waals surface area (Å²) in [5, 5.41) is 6.56. The Morgan fingerprint density at radius 1 is 1.27 bits per heavy atom. The van der Waals surface area contributed by atoms with E-state index >= 15 is 0 Å². The minimum Gasteiger partial charge on any atom is -0.312 e. The van der Waals surface area contributed by atoms with Crippen LogP contribution in [0.15, 0.2) is 30.3 Å². The van der Waals surface area contributed by atoms with Crippen molar-refractivity contribution in [3.63, 3.8) is 0 Å². The third kappa shape index (κ3) is 2.34. The molecule has 1 saturated heterocycles. The van der Waals surface area contributed by atoms with E-state index in [0.29, 0.717) is 0 Å². The quantitative estimate of drug-likeness (QED) is 0.691. The molecule has 1 heterocycles. The molecular formula is C11H15N3O. The van der Waals surface area contributed by atoms with Gasteiger partial charge in [0.1, 0.15) is 0 Å². The Kier molecular flexibility index (Phi) is 3.32. The lowest BCUT2D eigenvalue weighted by molar-refractivity contribution is -0.108. The second-order valence-electron chi connectivity index (χ2n) is 3.52. The van der Waals surface area contributed by atoms with E-state index in [2.05, 4.69) is 10.6 Å². The molecule has 0 aliphatic carbocycles. The Labute approximate surface area is 89.3 Å². The van der Waals surface area contributed by atoms with Gasteiger partial charge in [-0.3, -0.25) is 15.0 Å². The molecule has 4 nitrogen and oxygen atoms in total. The smallest absolute Gasteiger partial charge is 0.215 e. The van der Waals surface area contributed by atoms with Crippen molar-refractivity contribution in [1.29, 1.82) is 0 Å². The number of hydrogen-bond acceptors (Lipinski definition) is 3. The molecule has 1 unspecified atom stereocenters. The Morgan fingerprint density at radius 2 is 2.07 bits per heavy atom. The van der Waals surface area contributed by atoms with Crippen LogP contribution in [0, 0.1) is 0 Å². The largest absolute Gasteiger partial charge is 0.312 e. The van der Waals surface area contributed by atoms with Gasteiger partial charge in [-0.2, -0.15) is 0 Å². The van der Waals surface area contributed by atoms with Crippen molar-refractivity contribution in [2.75, 3.05) is 24.5 Å². The number of rotatable bonds is 3. The second-order valence-corrected chi connectivity index (χ2v) is 3.52. The summed E-state index contributed by atoms with van der Waals surface area (Å²) in [6.07, 6.45) is 0.929. The van der Waals surface area contributed by atoms with Crippen molar-refractivity contribution >= 4 is 12.1 Å². The van der Waals surface area contributed by atoms with E-state index in [1.54, 1.807) is 4.90 Å². The van der Waals surface area contributed by atoms with Crippen LogP contribution in [-0.2, 0) is 4.79 Å². The van der Waals surface area contributed by atoms with Crippen molar-refractivity contribution in [2.45, 2.75) is 6.17 Å². The number of benzene rings is 1. The number of para-hydroxylation sites is 1. The third-order valence-corrected chi connectivity index (χ3v) is 2.52. The van der Waals surface area contributed by atoms with Crippen molar-refractivity contribution in [1.82, 2.24) is 10.6 Å². The summed E-state index contributed by atoms with van der Waals surface area (Å²) >= 11 is 0. The number of nitrogens with zero attached hydrogens (tertiary/aromatic N) is 1. The van der Waals surface area contributed by atoms with Crippen LogP contribution < -0.4 is 15.5 Å². The van der Waals surface area contributed by atoms with E-state index in [-0.39, 0.29) is 6.17 Å². The van der Waals surface area contributed by atoms with E-state index in [1.165, 1.54) is 0 Å². The average Bonchev–Trinajstić information content (AvgIpc) is 2.33. The number of piperazine rings is 1.